The number of benzene rings is 4. The van der Waals surface area contributed by atoms with Crippen molar-refractivity contribution >= 4 is 115 Å². The van der Waals surface area contributed by atoms with Gasteiger partial charge < -0.3 is 138 Å². The first-order valence-corrected chi connectivity index (χ1v) is 38.7. The summed E-state index contributed by atoms with van der Waals surface area (Å²) >= 11 is 0. The molecule has 41 heteroatoms. The van der Waals surface area contributed by atoms with Gasteiger partial charge in [0, 0.05) is 255 Å². The van der Waals surface area contributed by atoms with Crippen molar-refractivity contribution in [3.63, 3.8) is 0 Å². The van der Waals surface area contributed by atoms with E-state index in [9.17, 15) is 57.5 Å². The van der Waals surface area contributed by atoms with Crippen molar-refractivity contribution in [3.05, 3.63) is 97.1 Å². The number of carbonyl (C=O) groups excluding carboxylic acids is 12. The number of carbonyl (C=O) groups is 12. The van der Waals surface area contributed by atoms with Gasteiger partial charge in [-0.25, -0.2) is 9.97 Å². The molecular weight excluding hydrogens is 1590 g/mol. The minimum atomic E-state index is -0.289. The van der Waals surface area contributed by atoms with E-state index in [0.29, 0.717) is 138 Å². The summed E-state index contributed by atoms with van der Waals surface area (Å²) in [4.78, 5) is 182. The summed E-state index contributed by atoms with van der Waals surface area (Å²) in [7, 11) is 0. The molecule has 24 N–H and O–H groups in total. The van der Waals surface area contributed by atoms with E-state index in [-0.39, 0.29) is 194 Å². The molecule has 638 valence electrons. The minimum absolute atomic E-state index is 0. The van der Waals surface area contributed by atoms with Crippen LogP contribution < -0.4 is 98.4 Å². The number of rotatable bonds is 38. The standard InChI is InChI=1S/C32H16N8.2C12H25N5O3.2C11H23N5O3.Zn/c1-2-10-18-17(9-1)25-33-26(18)38-28-21-13-5-6-14-22(21)30(35-28)40-32-24-16-8-7-15-23(24)31(36-32)39-29-20-12-4-3-11-19(20)27(34-29)37-25;2*1-10(18)17(8-2-11(19)15-6-4-13)9-3-12(20)16-7-5-14;1-9(17)16(7-3-11(19)15-8-13)6-2-10(18)14-5-4-12;1-9(17)16(8-11(19)15-6-4-13)7-2-10(18)14-5-3-12;/h1-16H;2*2-9,13-14H2,1H3,(H,15,19)(H,16,20);2*2-8,12-13H2,1H3,(H,14,18)(H,15,19);/q-2;;;;;+2. The zero-order valence-electron chi connectivity index (χ0n) is 68.0. The van der Waals surface area contributed by atoms with E-state index in [2.05, 4.69) is 42.5 Å². The van der Waals surface area contributed by atoms with Crippen molar-refractivity contribution in [3.8, 4) is 45.6 Å². The number of nitrogens with two attached hydrogens (primary N) is 8. The van der Waals surface area contributed by atoms with E-state index in [0.717, 1.165) is 43.8 Å². The second-order valence-corrected chi connectivity index (χ2v) is 26.1. The third kappa shape index (κ3) is 34.7. The number of aromatic nitrogens is 8. The van der Waals surface area contributed by atoms with Gasteiger partial charge >= 0.3 is 19.5 Å². The molecule has 3 aromatic heterocycles. The molecule has 0 unspecified atom stereocenters. The molecule has 0 fully saturated rings. The largest absolute Gasteiger partial charge is 2.00 e. The molecule has 8 bridgehead atoms. The molecule has 4 aromatic carbocycles. The zero-order chi connectivity index (χ0) is 86.3. The number of nitrogens with zero attached hydrogens (tertiary/aromatic N) is 12. The quantitative estimate of drug-likeness (QED) is 0.0133. The summed E-state index contributed by atoms with van der Waals surface area (Å²) in [6.45, 7) is 12.9. The maximum atomic E-state index is 11.5. The second-order valence-electron chi connectivity index (χ2n) is 26.1. The van der Waals surface area contributed by atoms with Crippen LogP contribution >= 0.6 is 0 Å². The molecule has 0 spiro atoms. The Morgan fingerprint density at radius 2 is 0.471 bits per heavy atom. The van der Waals surface area contributed by atoms with Crippen molar-refractivity contribution in [2.75, 3.05) is 151 Å². The molecule has 5 heterocycles. The van der Waals surface area contributed by atoms with Gasteiger partial charge in [0.15, 0.2) is 0 Å². The van der Waals surface area contributed by atoms with Gasteiger partial charge in [-0.15, -0.1) is 0 Å². The normalized spacial score (nSPS) is 10.5. The molecule has 0 atom stereocenters. The number of hydrogen-bond acceptors (Lipinski definition) is 26. The van der Waals surface area contributed by atoms with Crippen LogP contribution in [0.15, 0.2) is 97.1 Å². The summed E-state index contributed by atoms with van der Waals surface area (Å²) in [6, 6.07) is 31.8. The van der Waals surface area contributed by atoms with Gasteiger partial charge in [-0.2, -0.15) is 0 Å². The molecule has 2 aliphatic rings. The van der Waals surface area contributed by atoms with Crippen LogP contribution in [0.3, 0.4) is 0 Å². The molecule has 7 aromatic rings. The van der Waals surface area contributed by atoms with Crippen LogP contribution in [-0.4, -0.2) is 271 Å². The van der Waals surface area contributed by atoms with Crippen molar-refractivity contribution in [1.29, 1.82) is 0 Å². The molecule has 9 rings (SSSR count). The van der Waals surface area contributed by atoms with E-state index in [1.807, 2.05) is 97.1 Å². The average molecular weight is 1700 g/mol. The fourth-order valence-corrected chi connectivity index (χ4v) is 11.2. The number of hydrogen-bond donors (Lipinski definition) is 16. The van der Waals surface area contributed by atoms with Gasteiger partial charge in [0.2, 0.25) is 70.9 Å². The topological polar surface area (TPSA) is 628 Å². The first kappa shape index (κ1) is 99.5. The molecule has 12 amide bonds. The molecule has 40 nitrogen and oxygen atoms in total. The Morgan fingerprint density at radius 1 is 0.277 bits per heavy atom. The van der Waals surface area contributed by atoms with Crippen LogP contribution in [0, 0.1) is 0 Å². The Hall–Kier alpha value is -11.8. The third-order valence-corrected chi connectivity index (χ3v) is 17.3. The van der Waals surface area contributed by atoms with Gasteiger partial charge in [-0.3, -0.25) is 57.5 Å². The second kappa shape index (κ2) is 55.0. The van der Waals surface area contributed by atoms with Crippen LogP contribution in [-0.2, 0) is 77.0 Å². The van der Waals surface area contributed by atoms with Gasteiger partial charge in [-0.1, -0.05) is 97.1 Å². The summed E-state index contributed by atoms with van der Waals surface area (Å²) in [6.07, 6.45) is 1.30. The molecule has 0 aliphatic carbocycles. The van der Waals surface area contributed by atoms with Crippen LogP contribution in [0.1, 0.15) is 72.6 Å². The Morgan fingerprint density at radius 3 is 0.672 bits per heavy atom. The molecule has 119 heavy (non-hydrogen) atoms. The Bertz CT molecular complexity index is 4250. The predicted molar refractivity (Wildman–Crippen MR) is 447 cm³/mol. The van der Waals surface area contributed by atoms with Gasteiger partial charge in [0.05, 0.1) is 36.5 Å². The summed E-state index contributed by atoms with van der Waals surface area (Å²) in [5.74, 6) is -0.0494. The van der Waals surface area contributed by atoms with E-state index in [1.54, 1.807) is 0 Å². The van der Waals surface area contributed by atoms with Gasteiger partial charge in [0.25, 0.3) is 0 Å². The molecule has 0 saturated heterocycles. The van der Waals surface area contributed by atoms with Crippen molar-refractivity contribution in [2.45, 2.75) is 72.6 Å². The van der Waals surface area contributed by atoms with Crippen molar-refractivity contribution < 1.29 is 77.0 Å². The maximum Gasteiger partial charge on any atom is 2.00 e. The summed E-state index contributed by atoms with van der Waals surface area (Å²) < 4.78 is 0. The van der Waals surface area contributed by atoms with E-state index < -0.39 is 0 Å². The first-order valence-electron chi connectivity index (χ1n) is 38.7. The maximum absolute atomic E-state index is 11.5. The van der Waals surface area contributed by atoms with Crippen molar-refractivity contribution in [1.82, 2.24) is 102 Å². The zero-order valence-corrected chi connectivity index (χ0v) is 71.0. The monoisotopic (exact) mass is 1700 g/mol. The van der Waals surface area contributed by atoms with Crippen LogP contribution in [0.4, 0.5) is 0 Å². The smallest absolute Gasteiger partial charge is 0.357 e. The third-order valence-electron chi connectivity index (χ3n) is 17.3. The Balaban J connectivity index is 0.000000330. The molecule has 2 aliphatic heterocycles. The number of fused-ring (bicyclic) bond motifs is 20. The van der Waals surface area contributed by atoms with Crippen LogP contribution in [0.25, 0.3) is 89.7 Å². The summed E-state index contributed by atoms with van der Waals surface area (Å²) in [5.41, 5.74) is 47.8. The summed E-state index contributed by atoms with van der Waals surface area (Å²) in [5, 5.41) is 24.3. The fourth-order valence-electron chi connectivity index (χ4n) is 11.2. The Kier molecular flexibility index (Phi) is 46.0. The van der Waals surface area contributed by atoms with Crippen LogP contribution in [0.5, 0.6) is 0 Å². The Labute approximate surface area is 702 Å². The van der Waals surface area contributed by atoms with E-state index >= 15 is 0 Å². The average Bonchev–Trinajstić information content (AvgIpc) is 1.60. The number of amides is 12. The predicted octanol–water partition coefficient (Wildman–Crippen LogP) is -3.25. The van der Waals surface area contributed by atoms with Crippen LogP contribution in [0.2, 0.25) is 0 Å². The molecular formula is C78H112N28O12Zn. The van der Waals surface area contributed by atoms with E-state index in [4.69, 9.17) is 85.7 Å². The number of nitrogens with one attached hydrogen (secondary N) is 8. The molecule has 0 radical (unpaired) electrons. The first-order chi connectivity index (χ1) is 56.8. The van der Waals surface area contributed by atoms with Gasteiger partial charge in [0.1, 0.15) is 0 Å². The van der Waals surface area contributed by atoms with Gasteiger partial charge in [-0.05, 0) is 21.5 Å². The minimum Gasteiger partial charge on any atom is -0.357 e. The SMILES string of the molecule is CC(=O)N(CCC(=O)NCCN)CC(=O)NCCN.CC(=O)N(CCC(=O)NCCN)CCC(=O)NCCN.CC(=O)N(CCC(=O)NCCN)CCC(=O)NCCN.CC(=O)N(CCC(=O)NCN)CCC(=O)NCCN.[Zn+2].c1ccc2c(c1)-c1nc-2nc2[n-]c(nc3nc(nc4[n-]c(n1)c1ccccc41)-c1ccccc1-3)c1ccccc21. The fraction of sp³-hybridized carbons (Fsp3) is 0.436. The molecule has 0 saturated carbocycles. The van der Waals surface area contributed by atoms with E-state index in [1.165, 1.54) is 47.3 Å². The van der Waals surface area contributed by atoms with Crippen molar-refractivity contribution in [2.24, 2.45) is 45.9 Å².